The fourth-order valence-electron chi connectivity index (χ4n) is 2.24. The molecule has 0 saturated heterocycles. The van der Waals surface area contributed by atoms with Gasteiger partial charge >= 0.3 is 5.97 Å². The van der Waals surface area contributed by atoms with Gasteiger partial charge in [0, 0.05) is 12.8 Å². The van der Waals surface area contributed by atoms with E-state index >= 15 is 0 Å². The molecule has 2 atom stereocenters. The maximum Gasteiger partial charge on any atom is 0.316 e. The number of ether oxygens (including phenoxy) is 1. The largest absolute Gasteiger partial charge is 0.468 e. The lowest BCUT2D eigenvalue weighted by molar-refractivity contribution is -0.377. The number of methoxy groups -OCH3 is 1. The highest BCUT2D eigenvalue weighted by Crippen LogP contribution is 2.29. The van der Waals surface area contributed by atoms with Crippen molar-refractivity contribution in [3.63, 3.8) is 0 Å². The highest BCUT2D eigenvalue weighted by atomic mass is 17.2. The van der Waals surface area contributed by atoms with Crippen LogP contribution in [0, 0.1) is 5.92 Å². The summed E-state index contributed by atoms with van der Waals surface area (Å²) in [5.74, 6) is -1.53. The Bertz CT molecular complexity index is 518. The SMILES string of the molecule is CCCC(=O)C(CC(OOC(C)(C)C)c1ccccc1)C(=O)OC. The molecule has 0 N–H and O–H groups in total. The summed E-state index contributed by atoms with van der Waals surface area (Å²) in [6, 6.07) is 9.42. The molecule has 0 aliphatic rings. The van der Waals surface area contributed by atoms with Gasteiger partial charge in [-0.15, -0.1) is 0 Å². The van der Waals surface area contributed by atoms with Gasteiger partial charge in [-0.1, -0.05) is 37.3 Å². The number of hydrogen-bond donors (Lipinski definition) is 0. The zero-order chi connectivity index (χ0) is 18.2. The van der Waals surface area contributed by atoms with Crippen molar-refractivity contribution in [2.45, 2.75) is 58.7 Å². The Morgan fingerprint density at radius 2 is 1.75 bits per heavy atom. The lowest BCUT2D eigenvalue weighted by atomic mass is 9.91. The van der Waals surface area contributed by atoms with Crippen molar-refractivity contribution in [2.75, 3.05) is 7.11 Å². The Labute approximate surface area is 144 Å². The number of esters is 1. The minimum absolute atomic E-state index is 0.135. The van der Waals surface area contributed by atoms with Crippen molar-refractivity contribution in [2.24, 2.45) is 5.92 Å². The fourth-order valence-corrected chi connectivity index (χ4v) is 2.24. The Morgan fingerprint density at radius 3 is 2.25 bits per heavy atom. The molecule has 0 radical (unpaired) electrons. The van der Waals surface area contributed by atoms with Gasteiger partial charge in [-0.25, -0.2) is 9.78 Å². The molecule has 2 unspecified atom stereocenters. The number of carbonyl (C=O) groups excluding carboxylic acids is 2. The van der Waals surface area contributed by atoms with Crippen LogP contribution >= 0.6 is 0 Å². The van der Waals surface area contributed by atoms with E-state index in [1.54, 1.807) is 0 Å². The third kappa shape index (κ3) is 6.81. The maximum absolute atomic E-state index is 12.3. The molecule has 0 spiro atoms. The first-order chi connectivity index (χ1) is 11.3. The minimum atomic E-state index is -0.858. The molecule has 0 aliphatic heterocycles. The first kappa shape index (κ1) is 20.3. The summed E-state index contributed by atoms with van der Waals surface area (Å²) in [5, 5.41) is 0. The van der Waals surface area contributed by atoms with Gasteiger partial charge in [0.1, 0.15) is 17.8 Å². The second kappa shape index (κ2) is 9.55. The van der Waals surface area contributed by atoms with Crippen molar-refractivity contribution in [3.8, 4) is 0 Å². The van der Waals surface area contributed by atoms with Crippen LogP contribution < -0.4 is 0 Å². The molecule has 134 valence electrons. The quantitative estimate of drug-likeness (QED) is 0.295. The van der Waals surface area contributed by atoms with E-state index in [0.29, 0.717) is 12.8 Å². The van der Waals surface area contributed by atoms with Crippen LogP contribution in [0.25, 0.3) is 0 Å². The van der Waals surface area contributed by atoms with Gasteiger partial charge in [-0.3, -0.25) is 9.59 Å². The summed E-state index contributed by atoms with van der Waals surface area (Å²) in [6.07, 6.45) is 0.671. The molecular weight excluding hydrogens is 308 g/mol. The summed E-state index contributed by atoms with van der Waals surface area (Å²) < 4.78 is 4.81. The summed E-state index contributed by atoms with van der Waals surface area (Å²) in [6.45, 7) is 7.51. The van der Waals surface area contributed by atoms with Crippen molar-refractivity contribution in [3.05, 3.63) is 35.9 Å². The minimum Gasteiger partial charge on any atom is -0.468 e. The number of hydrogen-bond acceptors (Lipinski definition) is 5. The van der Waals surface area contributed by atoms with Gasteiger partial charge in [0.25, 0.3) is 0 Å². The average Bonchev–Trinajstić information content (AvgIpc) is 2.54. The molecule has 0 heterocycles. The van der Waals surface area contributed by atoms with Crippen LogP contribution in [-0.2, 0) is 24.1 Å². The average molecular weight is 336 g/mol. The van der Waals surface area contributed by atoms with Crippen LogP contribution in [-0.4, -0.2) is 24.5 Å². The Kier molecular flexibility index (Phi) is 8.08. The molecule has 1 aromatic carbocycles. The van der Waals surface area contributed by atoms with E-state index in [-0.39, 0.29) is 12.2 Å². The number of ketones is 1. The highest BCUT2D eigenvalue weighted by Gasteiger charge is 2.32. The van der Waals surface area contributed by atoms with Crippen molar-refractivity contribution < 1.29 is 24.1 Å². The Hall–Kier alpha value is -1.72. The second-order valence-corrected chi connectivity index (χ2v) is 6.72. The van der Waals surface area contributed by atoms with Crippen LogP contribution in [0.1, 0.15) is 58.6 Å². The molecule has 0 bridgehead atoms. The zero-order valence-electron chi connectivity index (χ0n) is 15.2. The predicted octanol–water partition coefficient (Wildman–Crippen LogP) is 4.02. The molecule has 0 aliphatic carbocycles. The smallest absolute Gasteiger partial charge is 0.316 e. The summed E-state index contributed by atoms with van der Waals surface area (Å²) >= 11 is 0. The lowest BCUT2D eigenvalue weighted by Gasteiger charge is -2.25. The van der Waals surface area contributed by atoms with E-state index in [0.717, 1.165) is 5.56 Å². The third-order valence-corrected chi connectivity index (χ3v) is 3.41. The number of benzene rings is 1. The molecule has 1 aromatic rings. The summed E-state index contributed by atoms with van der Waals surface area (Å²) in [7, 11) is 1.29. The van der Waals surface area contributed by atoms with Gasteiger partial charge in [-0.05, 0) is 32.8 Å². The predicted molar refractivity (Wildman–Crippen MR) is 91.1 cm³/mol. The first-order valence-corrected chi connectivity index (χ1v) is 8.28. The number of rotatable bonds is 9. The molecule has 5 nitrogen and oxygen atoms in total. The van der Waals surface area contributed by atoms with Crippen molar-refractivity contribution in [1.29, 1.82) is 0 Å². The fraction of sp³-hybridized carbons (Fsp3) is 0.579. The van der Waals surface area contributed by atoms with E-state index in [1.807, 2.05) is 58.0 Å². The molecular formula is C19H28O5. The van der Waals surface area contributed by atoms with E-state index in [1.165, 1.54) is 7.11 Å². The van der Waals surface area contributed by atoms with Gasteiger partial charge in [-0.2, -0.15) is 0 Å². The molecule has 24 heavy (non-hydrogen) atoms. The molecule has 0 amide bonds. The second-order valence-electron chi connectivity index (χ2n) is 6.72. The molecule has 0 fully saturated rings. The topological polar surface area (TPSA) is 61.8 Å². The van der Waals surface area contributed by atoms with Gasteiger partial charge in [0.15, 0.2) is 0 Å². The van der Waals surface area contributed by atoms with Crippen LogP contribution in [0.2, 0.25) is 0 Å². The Morgan fingerprint density at radius 1 is 1.12 bits per heavy atom. The molecule has 0 saturated carbocycles. The first-order valence-electron chi connectivity index (χ1n) is 8.28. The molecule has 1 rings (SSSR count). The van der Waals surface area contributed by atoms with Crippen LogP contribution in [0.15, 0.2) is 30.3 Å². The zero-order valence-corrected chi connectivity index (χ0v) is 15.2. The van der Waals surface area contributed by atoms with Crippen LogP contribution in [0.3, 0.4) is 0 Å². The maximum atomic E-state index is 12.3. The Balaban J connectivity index is 2.99. The van der Waals surface area contributed by atoms with Gasteiger partial charge in [0.05, 0.1) is 12.7 Å². The van der Waals surface area contributed by atoms with Crippen LogP contribution in [0.5, 0.6) is 0 Å². The lowest BCUT2D eigenvalue weighted by Crippen LogP contribution is -2.29. The van der Waals surface area contributed by atoms with Gasteiger partial charge in [0.2, 0.25) is 0 Å². The molecule has 0 aromatic heterocycles. The van der Waals surface area contributed by atoms with E-state index in [2.05, 4.69) is 0 Å². The van der Waals surface area contributed by atoms with Crippen molar-refractivity contribution in [1.82, 2.24) is 0 Å². The van der Waals surface area contributed by atoms with Crippen LogP contribution in [0.4, 0.5) is 0 Å². The monoisotopic (exact) mass is 336 g/mol. The normalized spacial score (nSPS) is 14.0. The van der Waals surface area contributed by atoms with Crippen molar-refractivity contribution >= 4 is 11.8 Å². The summed E-state index contributed by atoms with van der Waals surface area (Å²) in [4.78, 5) is 35.4. The number of carbonyl (C=O) groups is 2. The molecule has 5 heteroatoms. The van der Waals surface area contributed by atoms with E-state index < -0.39 is 23.6 Å². The third-order valence-electron chi connectivity index (χ3n) is 3.41. The van der Waals surface area contributed by atoms with E-state index in [9.17, 15) is 9.59 Å². The van der Waals surface area contributed by atoms with E-state index in [4.69, 9.17) is 14.5 Å². The van der Waals surface area contributed by atoms with Gasteiger partial charge < -0.3 is 4.74 Å². The summed E-state index contributed by atoms with van der Waals surface area (Å²) in [5.41, 5.74) is 0.348. The number of Topliss-reactive ketones (excluding diaryl/α,β-unsaturated/α-hetero) is 1. The standard InChI is InChI=1S/C19H28O5/c1-6-10-16(20)15(18(21)22-5)13-17(23-24-19(2,3)4)14-11-8-7-9-12-14/h7-9,11-12,15,17H,6,10,13H2,1-5H3. The highest BCUT2D eigenvalue weighted by molar-refractivity contribution is 5.98.